The molecule has 0 spiro atoms. The lowest BCUT2D eigenvalue weighted by Crippen LogP contribution is -2.30. The third-order valence-electron chi connectivity index (χ3n) is 5.69. The van der Waals surface area contributed by atoms with Crippen LogP contribution in [0.4, 0.5) is 10.2 Å². The summed E-state index contributed by atoms with van der Waals surface area (Å²) in [4.78, 5) is 2.20. The highest BCUT2D eigenvalue weighted by Crippen LogP contribution is 2.42. The lowest BCUT2D eigenvalue weighted by atomic mass is 10.00. The van der Waals surface area contributed by atoms with Gasteiger partial charge in [0.05, 0.1) is 10.9 Å². The quantitative estimate of drug-likeness (QED) is 0.381. The maximum atomic E-state index is 14.6. The first-order chi connectivity index (χ1) is 15.6. The van der Waals surface area contributed by atoms with E-state index in [0.717, 1.165) is 37.1 Å². The molecule has 1 fully saturated rings. The van der Waals surface area contributed by atoms with Gasteiger partial charge < -0.3 is 14.7 Å². The van der Waals surface area contributed by atoms with Gasteiger partial charge in [0.2, 0.25) is 5.88 Å². The van der Waals surface area contributed by atoms with Crippen LogP contribution < -0.4 is 9.64 Å². The van der Waals surface area contributed by atoms with Crippen molar-refractivity contribution in [2.45, 2.75) is 19.3 Å². The van der Waals surface area contributed by atoms with Crippen LogP contribution in [0.5, 0.6) is 17.4 Å². The van der Waals surface area contributed by atoms with E-state index in [0.29, 0.717) is 27.6 Å². The molecule has 1 aliphatic heterocycles. The summed E-state index contributed by atoms with van der Waals surface area (Å²) in [5.41, 5.74) is 0.409. The largest absolute Gasteiger partial charge is 0.507 e. The van der Waals surface area contributed by atoms with E-state index in [-0.39, 0.29) is 11.3 Å². The van der Waals surface area contributed by atoms with Crippen LogP contribution in [0.3, 0.4) is 0 Å². The van der Waals surface area contributed by atoms with Crippen molar-refractivity contribution in [2.75, 3.05) is 18.0 Å². The van der Waals surface area contributed by atoms with Gasteiger partial charge in [-0.25, -0.2) is 4.39 Å². The summed E-state index contributed by atoms with van der Waals surface area (Å²) in [5.74, 6) is 0.885. The van der Waals surface area contributed by atoms with Crippen LogP contribution in [-0.4, -0.2) is 28.4 Å². The molecule has 1 aliphatic rings. The summed E-state index contributed by atoms with van der Waals surface area (Å²) in [7, 11) is 0. The summed E-state index contributed by atoms with van der Waals surface area (Å²) in [6.45, 7) is 1.77. The van der Waals surface area contributed by atoms with Crippen LogP contribution in [-0.2, 0) is 0 Å². The number of halogens is 2. The van der Waals surface area contributed by atoms with Crippen molar-refractivity contribution in [3.05, 3.63) is 71.5 Å². The molecule has 4 aromatic rings. The second-order valence-electron chi connectivity index (χ2n) is 7.80. The zero-order chi connectivity index (χ0) is 22.1. The van der Waals surface area contributed by atoms with Crippen LogP contribution in [0.25, 0.3) is 21.9 Å². The lowest BCUT2D eigenvalue weighted by Gasteiger charge is -2.28. The number of anilines is 1. The molecular formula is C25H21ClFN3O2. The third-order valence-corrected chi connectivity index (χ3v) is 6.00. The standard InChI is InChI=1S/C25H21ClFN3O2/c26-20-15-17-18(14-19(20)23-21(27)10-7-11-22(23)31)25(32-16-8-3-1-4-9-16)29-28-24(17)30-12-5-2-6-13-30/h1,3-4,7-11,14-15,31H,2,5-6,12-13H2. The van der Waals surface area contributed by atoms with Crippen LogP contribution >= 0.6 is 11.6 Å². The number of aromatic nitrogens is 2. The van der Waals surface area contributed by atoms with E-state index in [2.05, 4.69) is 15.1 Å². The van der Waals surface area contributed by atoms with Crippen molar-refractivity contribution in [3.8, 4) is 28.5 Å². The van der Waals surface area contributed by atoms with E-state index in [9.17, 15) is 9.50 Å². The normalized spacial score (nSPS) is 14.0. The molecule has 5 nitrogen and oxygen atoms in total. The van der Waals surface area contributed by atoms with Crippen molar-refractivity contribution < 1.29 is 14.2 Å². The number of phenolic OH excluding ortho intramolecular Hbond substituents is 1. The second kappa shape index (κ2) is 8.63. The van der Waals surface area contributed by atoms with Crippen LogP contribution in [0, 0.1) is 5.82 Å². The van der Waals surface area contributed by atoms with Crippen molar-refractivity contribution in [1.29, 1.82) is 0 Å². The summed E-state index contributed by atoms with van der Waals surface area (Å²) in [6.07, 6.45) is 3.36. The Morgan fingerprint density at radius 2 is 1.69 bits per heavy atom. The highest BCUT2D eigenvalue weighted by atomic mass is 35.5. The number of aromatic hydroxyl groups is 1. The minimum absolute atomic E-state index is 0.0430. The van der Waals surface area contributed by atoms with Gasteiger partial charge in [-0.2, -0.15) is 0 Å². The van der Waals surface area contributed by atoms with E-state index < -0.39 is 5.82 Å². The fraction of sp³-hybridized carbons (Fsp3) is 0.200. The molecule has 1 saturated heterocycles. The summed E-state index contributed by atoms with van der Waals surface area (Å²) < 4.78 is 20.7. The molecule has 0 aliphatic carbocycles. The summed E-state index contributed by atoms with van der Waals surface area (Å²) >= 11 is 6.62. The van der Waals surface area contributed by atoms with Crippen molar-refractivity contribution in [3.63, 3.8) is 0 Å². The first-order valence-electron chi connectivity index (χ1n) is 10.6. The molecule has 32 heavy (non-hydrogen) atoms. The molecule has 7 heteroatoms. The molecule has 3 aromatic carbocycles. The van der Waals surface area contributed by atoms with Gasteiger partial charge >= 0.3 is 0 Å². The molecule has 0 bridgehead atoms. The topological polar surface area (TPSA) is 58.5 Å². The van der Waals surface area contributed by atoms with Crippen LogP contribution in [0.15, 0.2) is 60.7 Å². The molecule has 1 N–H and O–H groups in total. The maximum Gasteiger partial charge on any atom is 0.246 e. The number of hydrogen-bond acceptors (Lipinski definition) is 5. The molecular weight excluding hydrogens is 429 g/mol. The fourth-order valence-corrected chi connectivity index (χ4v) is 4.38. The summed E-state index contributed by atoms with van der Waals surface area (Å²) in [5, 5.41) is 20.9. The minimum Gasteiger partial charge on any atom is -0.507 e. The number of phenols is 1. The van der Waals surface area contributed by atoms with E-state index >= 15 is 0 Å². The maximum absolute atomic E-state index is 14.6. The zero-order valence-corrected chi connectivity index (χ0v) is 18.0. The monoisotopic (exact) mass is 449 g/mol. The van der Waals surface area contributed by atoms with Gasteiger partial charge in [-0.3, -0.25) is 0 Å². The molecule has 0 saturated carbocycles. The van der Waals surface area contributed by atoms with Crippen molar-refractivity contribution >= 4 is 28.2 Å². The van der Waals surface area contributed by atoms with E-state index in [1.807, 2.05) is 30.3 Å². The molecule has 5 rings (SSSR count). The van der Waals surface area contributed by atoms with Crippen molar-refractivity contribution in [1.82, 2.24) is 10.2 Å². The summed E-state index contributed by atoms with van der Waals surface area (Å²) in [6, 6.07) is 16.9. The third kappa shape index (κ3) is 3.82. The first-order valence-corrected chi connectivity index (χ1v) is 11.0. The SMILES string of the molecule is Oc1cccc(F)c1-c1cc2c(Oc3ccccc3)nnc(N3CCCCC3)c2cc1Cl. The molecule has 2 heterocycles. The Labute approximate surface area is 190 Å². The Bertz CT molecular complexity index is 1260. The fourth-order valence-electron chi connectivity index (χ4n) is 4.12. The molecule has 1 aromatic heterocycles. The molecule has 0 unspecified atom stereocenters. The zero-order valence-electron chi connectivity index (χ0n) is 17.3. The van der Waals surface area contributed by atoms with Gasteiger partial charge in [-0.05, 0) is 55.7 Å². The highest BCUT2D eigenvalue weighted by Gasteiger charge is 2.22. The average molecular weight is 450 g/mol. The van der Waals surface area contributed by atoms with E-state index in [4.69, 9.17) is 16.3 Å². The number of ether oxygens (including phenoxy) is 1. The highest BCUT2D eigenvalue weighted by molar-refractivity contribution is 6.34. The Kier molecular flexibility index (Phi) is 5.53. The molecule has 0 amide bonds. The van der Waals surface area contributed by atoms with Gasteiger partial charge in [-0.15, -0.1) is 10.2 Å². The van der Waals surface area contributed by atoms with E-state index in [1.54, 1.807) is 12.1 Å². The van der Waals surface area contributed by atoms with E-state index in [1.165, 1.54) is 24.6 Å². The number of hydrogen-bond donors (Lipinski definition) is 1. The minimum atomic E-state index is -0.560. The van der Waals surface area contributed by atoms with Crippen molar-refractivity contribution in [2.24, 2.45) is 0 Å². The molecule has 0 atom stereocenters. The Morgan fingerprint density at radius 3 is 2.44 bits per heavy atom. The Balaban J connectivity index is 1.72. The van der Waals surface area contributed by atoms with Gasteiger partial charge in [0.25, 0.3) is 0 Å². The number of nitrogens with zero attached hydrogens (tertiary/aromatic N) is 3. The van der Waals surface area contributed by atoms with Gasteiger partial charge in [-0.1, -0.05) is 35.9 Å². The average Bonchev–Trinajstić information content (AvgIpc) is 2.81. The molecule has 0 radical (unpaired) electrons. The number of benzene rings is 3. The van der Waals surface area contributed by atoms with Crippen LogP contribution in [0.2, 0.25) is 5.02 Å². The molecule has 162 valence electrons. The predicted octanol–water partition coefficient (Wildman–Crippen LogP) is 6.58. The Hall–Kier alpha value is -3.38. The predicted molar refractivity (Wildman–Crippen MR) is 124 cm³/mol. The second-order valence-corrected chi connectivity index (χ2v) is 8.21. The number of piperidine rings is 1. The first kappa shape index (κ1) is 20.5. The van der Waals surface area contributed by atoms with Gasteiger partial charge in [0, 0.05) is 29.1 Å². The number of rotatable bonds is 4. The number of para-hydroxylation sites is 1. The van der Waals surface area contributed by atoms with Crippen LogP contribution in [0.1, 0.15) is 19.3 Å². The smallest absolute Gasteiger partial charge is 0.246 e. The Morgan fingerprint density at radius 1 is 0.906 bits per heavy atom. The number of fused-ring (bicyclic) bond motifs is 1. The van der Waals surface area contributed by atoms with Gasteiger partial charge in [0.1, 0.15) is 17.3 Å². The van der Waals surface area contributed by atoms with Gasteiger partial charge in [0.15, 0.2) is 5.82 Å². The lowest BCUT2D eigenvalue weighted by molar-refractivity contribution is 0.461.